The van der Waals surface area contributed by atoms with Gasteiger partial charge >= 0.3 is 0 Å². The van der Waals surface area contributed by atoms with Crippen molar-refractivity contribution in [2.45, 2.75) is 40.2 Å². The molecule has 0 saturated carbocycles. The van der Waals surface area contributed by atoms with Gasteiger partial charge in [-0.1, -0.05) is 45.2 Å². The van der Waals surface area contributed by atoms with Gasteiger partial charge in [-0.05, 0) is 26.3 Å². The minimum absolute atomic E-state index is 0.0940. The Labute approximate surface area is 89.2 Å². The van der Waals surface area contributed by atoms with E-state index in [1.165, 1.54) is 0 Å². The summed E-state index contributed by atoms with van der Waals surface area (Å²) in [6.45, 7) is 18.0. The molecule has 0 heterocycles. The number of allylic oxidation sites excluding steroid dienone is 2. The molecule has 0 fully saturated rings. The topological polar surface area (TPSA) is 9.23 Å². The first-order chi connectivity index (χ1) is 6.49. The van der Waals surface area contributed by atoms with Crippen LogP contribution in [-0.4, -0.2) is 12.2 Å². The van der Waals surface area contributed by atoms with E-state index in [0.717, 1.165) is 5.57 Å². The van der Waals surface area contributed by atoms with E-state index in [1.807, 2.05) is 40.7 Å². The highest BCUT2D eigenvalue weighted by Crippen LogP contribution is 2.09. The van der Waals surface area contributed by atoms with Crippen molar-refractivity contribution in [1.82, 2.24) is 0 Å². The number of hydrogen-bond donors (Lipinski definition) is 0. The zero-order valence-corrected chi connectivity index (χ0v) is 10.3. The Bertz CT molecular complexity index is 182. The van der Waals surface area contributed by atoms with Crippen LogP contribution in [0, 0.1) is 0 Å². The average molecular weight is 196 g/mol. The molecule has 0 unspecified atom stereocenters. The first kappa shape index (κ1) is 15.6. The molecule has 0 spiro atoms. The molecule has 0 aromatic rings. The molecule has 0 amide bonds. The van der Waals surface area contributed by atoms with Gasteiger partial charge in [-0.2, -0.15) is 0 Å². The summed E-state index contributed by atoms with van der Waals surface area (Å²) in [6, 6.07) is 0. The highest BCUT2D eigenvalue weighted by atomic mass is 16.5. The minimum Gasteiger partial charge on any atom is -0.371 e. The van der Waals surface area contributed by atoms with Crippen molar-refractivity contribution in [3.05, 3.63) is 37.0 Å². The molecule has 0 aromatic carbocycles. The van der Waals surface area contributed by atoms with Crippen molar-refractivity contribution < 1.29 is 4.74 Å². The summed E-state index contributed by atoms with van der Waals surface area (Å²) in [4.78, 5) is 0. The lowest BCUT2D eigenvalue weighted by atomic mass is 10.2. The van der Waals surface area contributed by atoms with Gasteiger partial charge in [0.25, 0.3) is 0 Å². The van der Waals surface area contributed by atoms with Crippen LogP contribution in [0.5, 0.6) is 0 Å². The van der Waals surface area contributed by atoms with E-state index in [4.69, 9.17) is 4.74 Å². The van der Waals surface area contributed by atoms with Crippen LogP contribution >= 0.6 is 0 Å². The van der Waals surface area contributed by atoms with Crippen molar-refractivity contribution in [3.8, 4) is 0 Å². The maximum absolute atomic E-state index is 5.55. The minimum atomic E-state index is -0.0940. The second-order valence-corrected chi connectivity index (χ2v) is 3.58. The summed E-state index contributed by atoms with van der Waals surface area (Å²) in [6.07, 6.45) is 5.43. The molecule has 0 aliphatic heterocycles. The lowest BCUT2D eigenvalue weighted by molar-refractivity contribution is 0.0123. The Morgan fingerprint density at radius 2 is 1.71 bits per heavy atom. The Kier molecular flexibility index (Phi) is 9.79. The smallest absolute Gasteiger partial charge is 0.0723 e. The van der Waals surface area contributed by atoms with E-state index >= 15 is 0 Å². The Morgan fingerprint density at radius 1 is 1.21 bits per heavy atom. The highest BCUT2D eigenvalue weighted by molar-refractivity contribution is 5.21. The zero-order chi connectivity index (χ0) is 11.6. The Hall–Kier alpha value is -0.820. The standard InChI is InChI=1S/C11H18O.C2H6/c1-6-8-10(7-2)9-12-11(3,4)5;1-2/h6-8H,1-2,9H2,3-5H3;1-2H3/b10-8+;. The fourth-order valence-electron chi connectivity index (χ4n) is 0.626. The van der Waals surface area contributed by atoms with Crippen LogP contribution in [0.3, 0.4) is 0 Å². The van der Waals surface area contributed by atoms with Crippen LogP contribution in [-0.2, 0) is 4.74 Å². The summed E-state index contributed by atoms with van der Waals surface area (Å²) in [5.41, 5.74) is 0.962. The summed E-state index contributed by atoms with van der Waals surface area (Å²) in [5, 5.41) is 0. The third-order valence-corrected chi connectivity index (χ3v) is 1.27. The maximum Gasteiger partial charge on any atom is 0.0723 e. The van der Waals surface area contributed by atoms with E-state index < -0.39 is 0 Å². The first-order valence-electron chi connectivity index (χ1n) is 5.07. The summed E-state index contributed by atoms with van der Waals surface area (Å²) < 4.78 is 5.55. The Morgan fingerprint density at radius 3 is 2.00 bits per heavy atom. The maximum atomic E-state index is 5.55. The molecule has 0 aliphatic rings. The molecule has 0 aliphatic carbocycles. The second kappa shape index (κ2) is 8.76. The molecule has 0 N–H and O–H groups in total. The third-order valence-electron chi connectivity index (χ3n) is 1.27. The van der Waals surface area contributed by atoms with Gasteiger partial charge < -0.3 is 4.74 Å². The summed E-state index contributed by atoms with van der Waals surface area (Å²) >= 11 is 0. The van der Waals surface area contributed by atoms with Crippen molar-refractivity contribution in [1.29, 1.82) is 0 Å². The van der Waals surface area contributed by atoms with E-state index in [0.29, 0.717) is 6.61 Å². The van der Waals surface area contributed by atoms with Gasteiger partial charge in [0, 0.05) is 0 Å². The molecule has 0 bridgehead atoms. The van der Waals surface area contributed by atoms with Crippen LogP contribution < -0.4 is 0 Å². The van der Waals surface area contributed by atoms with Gasteiger partial charge in [0.2, 0.25) is 0 Å². The van der Waals surface area contributed by atoms with Gasteiger partial charge in [-0.15, -0.1) is 0 Å². The van der Waals surface area contributed by atoms with Crippen molar-refractivity contribution in [2.75, 3.05) is 6.61 Å². The molecule has 0 rings (SSSR count). The molecule has 0 aromatic heterocycles. The highest BCUT2D eigenvalue weighted by Gasteiger charge is 2.09. The van der Waals surface area contributed by atoms with Crippen molar-refractivity contribution >= 4 is 0 Å². The molecule has 1 heteroatoms. The van der Waals surface area contributed by atoms with E-state index in [-0.39, 0.29) is 5.60 Å². The normalized spacial score (nSPS) is 11.4. The van der Waals surface area contributed by atoms with Gasteiger partial charge in [0.15, 0.2) is 0 Å². The SMILES string of the molecule is C=C/C=C(\C=C)COC(C)(C)C.CC. The fraction of sp³-hybridized carbons (Fsp3) is 0.538. The van der Waals surface area contributed by atoms with Crippen LogP contribution in [0.15, 0.2) is 37.0 Å². The number of ether oxygens (including phenoxy) is 1. The van der Waals surface area contributed by atoms with E-state index in [2.05, 4.69) is 13.2 Å². The van der Waals surface area contributed by atoms with Gasteiger partial charge in [0.05, 0.1) is 12.2 Å². The quantitative estimate of drug-likeness (QED) is 0.614. The number of hydrogen-bond acceptors (Lipinski definition) is 1. The lowest BCUT2D eigenvalue weighted by Gasteiger charge is -2.19. The Balaban J connectivity index is 0. The molecule has 1 nitrogen and oxygen atoms in total. The average Bonchev–Trinajstić information content (AvgIpc) is 2.14. The van der Waals surface area contributed by atoms with E-state index in [1.54, 1.807) is 12.2 Å². The summed E-state index contributed by atoms with van der Waals surface area (Å²) in [7, 11) is 0. The van der Waals surface area contributed by atoms with Crippen LogP contribution in [0.1, 0.15) is 34.6 Å². The molecule has 14 heavy (non-hydrogen) atoms. The molecule has 0 radical (unpaired) electrons. The number of rotatable bonds is 4. The third kappa shape index (κ3) is 11.2. The van der Waals surface area contributed by atoms with Crippen LogP contribution in [0.25, 0.3) is 0 Å². The zero-order valence-electron chi connectivity index (χ0n) is 10.3. The van der Waals surface area contributed by atoms with Crippen LogP contribution in [0.2, 0.25) is 0 Å². The molecular weight excluding hydrogens is 172 g/mol. The predicted octanol–water partition coefficient (Wildman–Crippen LogP) is 4.13. The van der Waals surface area contributed by atoms with E-state index in [9.17, 15) is 0 Å². The van der Waals surface area contributed by atoms with Gasteiger partial charge in [0.1, 0.15) is 0 Å². The molecular formula is C13H24O. The monoisotopic (exact) mass is 196 g/mol. The van der Waals surface area contributed by atoms with Crippen LogP contribution in [0.4, 0.5) is 0 Å². The fourth-order valence-corrected chi connectivity index (χ4v) is 0.626. The van der Waals surface area contributed by atoms with Gasteiger partial charge in [-0.25, -0.2) is 0 Å². The molecule has 0 saturated heterocycles. The lowest BCUT2D eigenvalue weighted by Crippen LogP contribution is -2.20. The first-order valence-corrected chi connectivity index (χ1v) is 5.07. The molecule has 82 valence electrons. The summed E-state index contributed by atoms with van der Waals surface area (Å²) in [5.74, 6) is 0. The largest absolute Gasteiger partial charge is 0.371 e. The van der Waals surface area contributed by atoms with Gasteiger partial charge in [-0.3, -0.25) is 0 Å². The molecule has 0 atom stereocenters. The van der Waals surface area contributed by atoms with Crippen molar-refractivity contribution in [3.63, 3.8) is 0 Å². The van der Waals surface area contributed by atoms with Crippen molar-refractivity contribution in [2.24, 2.45) is 0 Å². The second-order valence-electron chi connectivity index (χ2n) is 3.58. The predicted molar refractivity (Wildman–Crippen MR) is 65.5 cm³/mol.